The maximum Gasteiger partial charge on any atom is 0.121 e. The monoisotopic (exact) mass is 445 g/mol. The number of hydrogen-bond acceptors (Lipinski definition) is 6. The molecule has 0 fully saturated rings. The molecule has 0 bridgehead atoms. The third-order valence-corrected chi connectivity index (χ3v) is 5.55. The van der Waals surface area contributed by atoms with Crippen LogP contribution < -0.4 is 10.1 Å². The van der Waals surface area contributed by atoms with Crippen LogP contribution in [0.4, 0.5) is 0 Å². The quantitative estimate of drug-likeness (QED) is 0.274. The van der Waals surface area contributed by atoms with Crippen LogP contribution in [0.25, 0.3) is 0 Å². The molecule has 0 aliphatic heterocycles. The number of aryl methyl sites for hydroxylation is 1. The predicted octanol–water partition coefficient (Wildman–Crippen LogP) is 4.12. The fourth-order valence-electron chi connectivity index (χ4n) is 3.53. The Morgan fingerprint density at radius 2 is 1.62 bits per heavy atom. The molecule has 0 heterocycles. The summed E-state index contributed by atoms with van der Waals surface area (Å²) in [6, 6.07) is 13.1. The maximum absolute atomic E-state index is 10.2. The SMILES string of the molecule is COc1ccc(CCCCOCCCCCCNCC(O)c2ccc(O)c(CO)c2)cc1. The zero-order valence-corrected chi connectivity index (χ0v) is 19.3. The molecule has 2 aromatic carbocycles. The summed E-state index contributed by atoms with van der Waals surface area (Å²) in [5, 5.41) is 32.3. The van der Waals surface area contributed by atoms with E-state index < -0.39 is 6.10 Å². The number of benzene rings is 2. The summed E-state index contributed by atoms with van der Waals surface area (Å²) in [6.07, 6.45) is 7.06. The third kappa shape index (κ3) is 10.0. The van der Waals surface area contributed by atoms with Crippen molar-refractivity contribution in [1.82, 2.24) is 5.32 Å². The van der Waals surface area contributed by atoms with Crippen LogP contribution in [-0.2, 0) is 17.8 Å². The zero-order chi connectivity index (χ0) is 23.0. The number of hydrogen-bond donors (Lipinski definition) is 4. The van der Waals surface area contributed by atoms with E-state index in [1.807, 2.05) is 12.1 Å². The van der Waals surface area contributed by atoms with E-state index in [2.05, 4.69) is 17.4 Å². The third-order valence-electron chi connectivity index (χ3n) is 5.55. The molecule has 0 spiro atoms. The molecule has 0 aliphatic carbocycles. The predicted molar refractivity (Wildman–Crippen MR) is 127 cm³/mol. The van der Waals surface area contributed by atoms with Crippen LogP contribution in [0.1, 0.15) is 61.3 Å². The second-order valence-corrected chi connectivity index (χ2v) is 8.10. The highest BCUT2D eigenvalue weighted by Gasteiger charge is 2.09. The number of methoxy groups -OCH3 is 1. The van der Waals surface area contributed by atoms with Gasteiger partial charge in [-0.15, -0.1) is 0 Å². The smallest absolute Gasteiger partial charge is 0.121 e. The van der Waals surface area contributed by atoms with Crippen molar-refractivity contribution in [3.8, 4) is 11.5 Å². The summed E-state index contributed by atoms with van der Waals surface area (Å²) in [5.41, 5.74) is 2.46. The topological polar surface area (TPSA) is 91.2 Å². The minimum atomic E-state index is -0.654. The second kappa shape index (κ2) is 15.6. The Hall–Kier alpha value is -2.12. The molecule has 0 radical (unpaired) electrons. The lowest BCUT2D eigenvalue weighted by molar-refractivity contribution is 0.126. The molecule has 0 saturated heterocycles. The van der Waals surface area contributed by atoms with Crippen LogP contribution in [0.3, 0.4) is 0 Å². The number of rotatable bonds is 17. The summed E-state index contributed by atoms with van der Waals surface area (Å²) in [5.74, 6) is 0.950. The van der Waals surface area contributed by atoms with Crippen molar-refractivity contribution in [3.05, 3.63) is 59.2 Å². The lowest BCUT2D eigenvalue weighted by Crippen LogP contribution is -2.22. The molecule has 32 heavy (non-hydrogen) atoms. The van der Waals surface area contributed by atoms with Crippen LogP contribution >= 0.6 is 0 Å². The molecule has 4 N–H and O–H groups in total. The highest BCUT2D eigenvalue weighted by Crippen LogP contribution is 2.22. The number of phenols is 1. The lowest BCUT2D eigenvalue weighted by Gasteiger charge is -2.14. The minimum absolute atomic E-state index is 0.0500. The van der Waals surface area contributed by atoms with Crippen molar-refractivity contribution in [2.24, 2.45) is 0 Å². The number of aliphatic hydroxyl groups is 2. The molecule has 2 rings (SSSR count). The Balaban J connectivity index is 1.39. The summed E-state index contributed by atoms with van der Waals surface area (Å²) >= 11 is 0. The molecule has 2 aromatic rings. The van der Waals surface area contributed by atoms with Gasteiger partial charge in [0.1, 0.15) is 11.5 Å². The molecule has 178 valence electrons. The minimum Gasteiger partial charge on any atom is -0.508 e. The number of ether oxygens (including phenoxy) is 2. The summed E-state index contributed by atoms with van der Waals surface area (Å²) in [7, 11) is 1.69. The standard InChI is InChI=1S/C26H39NO5/c1-31-24-12-9-21(10-13-24)8-4-7-17-32-16-6-3-2-5-15-27-19-26(30)22-11-14-25(29)23(18-22)20-28/h9-14,18,26-30H,2-8,15-17,19-20H2,1H3. The molecular weight excluding hydrogens is 406 g/mol. The van der Waals surface area contributed by atoms with Gasteiger partial charge in [0.25, 0.3) is 0 Å². The van der Waals surface area contributed by atoms with Crippen molar-refractivity contribution in [3.63, 3.8) is 0 Å². The molecule has 0 aliphatic rings. The van der Waals surface area contributed by atoms with Crippen LogP contribution in [0, 0.1) is 0 Å². The summed E-state index contributed by atoms with van der Waals surface area (Å²) in [6.45, 7) is 2.71. The molecule has 6 heteroatoms. The largest absolute Gasteiger partial charge is 0.508 e. The van der Waals surface area contributed by atoms with Gasteiger partial charge < -0.3 is 30.1 Å². The zero-order valence-electron chi connectivity index (χ0n) is 19.3. The molecule has 1 atom stereocenters. The highest BCUT2D eigenvalue weighted by molar-refractivity contribution is 5.36. The van der Waals surface area contributed by atoms with Crippen molar-refractivity contribution >= 4 is 0 Å². The molecule has 0 amide bonds. The van der Waals surface area contributed by atoms with Gasteiger partial charge >= 0.3 is 0 Å². The van der Waals surface area contributed by atoms with Crippen LogP contribution in [-0.4, -0.2) is 48.7 Å². The molecular formula is C26H39NO5. The van der Waals surface area contributed by atoms with Gasteiger partial charge in [-0.1, -0.05) is 31.0 Å². The van der Waals surface area contributed by atoms with Gasteiger partial charge in [-0.2, -0.15) is 0 Å². The maximum atomic E-state index is 10.2. The Kier molecular flexibility index (Phi) is 12.8. The number of aromatic hydroxyl groups is 1. The van der Waals surface area contributed by atoms with E-state index in [0.717, 1.165) is 70.5 Å². The number of unbranched alkanes of at least 4 members (excludes halogenated alkanes) is 4. The van der Waals surface area contributed by atoms with E-state index >= 15 is 0 Å². The molecule has 0 aromatic heterocycles. The first-order valence-corrected chi connectivity index (χ1v) is 11.7. The second-order valence-electron chi connectivity index (χ2n) is 8.10. The average molecular weight is 446 g/mol. The normalized spacial score (nSPS) is 12.1. The summed E-state index contributed by atoms with van der Waals surface area (Å²) < 4.78 is 10.9. The number of nitrogens with one attached hydrogen (secondary N) is 1. The van der Waals surface area contributed by atoms with E-state index in [1.165, 1.54) is 11.6 Å². The van der Waals surface area contributed by atoms with Crippen molar-refractivity contribution in [1.29, 1.82) is 0 Å². The van der Waals surface area contributed by atoms with Crippen LogP contribution in [0.15, 0.2) is 42.5 Å². The fraction of sp³-hybridized carbons (Fsp3) is 0.538. The van der Waals surface area contributed by atoms with Crippen molar-refractivity contribution in [2.75, 3.05) is 33.4 Å². The van der Waals surface area contributed by atoms with E-state index in [-0.39, 0.29) is 12.4 Å². The van der Waals surface area contributed by atoms with Gasteiger partial charge in [-0.3, -0.25) is 0 Å². The first-order valence-electron chi connectivity index (χ1n) is 11.7. The Bertz CT molecular complexity index is 750. The van der Waals surface area contributed by atoms with E-state index in [1.54, 1.807) is 19.2 Å². The summed E-state index contributed by atoms with van der Waals surface area (Å²) in [4.78, 5) is 0. The van der Waals surface area contributed by atoms with Crippen LogP contribution in [0.5, 0.6) is 11.5 Å². The van der Waals surface area contributed by atoms with Gasteiger partial charge in [0.2, 0.25) is 0 Å². The number of aliphatic hydroxyl groups excluding tert-OH is 2. The van der Waals surface area contributed by atoms with Gasteiger partial charge in [0, 0.05) is 25.3 Å². The lowest BCUT2D eigenvalue weighted by atomic mass is 10.1. The Labute approximate surface area is 192 Å². The Morgan fingerprint density at radius 3 is 2.34 bits per heavy atom. The van der Waals surface area contributed by atoms with Crippen LogP contribution in [0.2, 0.25) is 0 Å². The average Bonchev–Trinajstić information content (AvgIpc) is 2.82. The van der Waals surface area contributed by atoms with Crippen molar-refractivity contribution < 1.29 is 24.8 Å². The van der Waals surface area contributed by atoms with E-state index in [4.69, 9.17) is 9.47 Å². The van der Waals surface area contributed by atoms with Gasteiger partial charge in [0.05, 0.1) is 19.8 Å². The molecule has 0 saturated carbocycles. The van der Waals surface area contributed by atoms with Crippen molar-refractivity contribution in [2.45, 2.75) is 57.7 Å². The van der Waals surface area contributed by atoms with Gasteiger partial charge in [-0.05, 0) is 74.0 Å². The van der Waals surface area contributed by atoms with E-state index in [0.29, 0.717) is 17.7 Å². The first kappa shape index (κ1) is 26.1. The highest BCUT2D eigenvalue weighted by atomic mass is 16.5. The molecule has 6 nitrogen and oxygen atoms in total. The van der Waals surface area contributed by atoms with Gasteiger partial charge in [0.15, 0.2) is 0 Å². The fourth-order valence-corrected chi connectivity index (χ4v) is 3.53. The molecule has 1 unspecified atom stereocenters. The van der Waals surface area contributed by atoms with E-state index in [9.17, 15) is 15.3 Å². The first-order chi connectivity index (χ1) is 15.6. The van der Waals surface area contributed by atoms with Gasteiger partial charge in [-0.25, -0.2) is 0 Å². The Morgan fingerprint density at radius 1 is 0.906 bits per heavy atom.